The van der Waals surface area contributed by atoms with Crippen molar-refractivity contribution in [2.45, 2.75) is 19.4 Å². The van der Waals surface area contributed by atoms with E-state index in [-0.39, 0.29) is 11.9 Å². The molecular weight excluding hydrogens is 174 g/mol. The van der Waals surface area contributed by atoms with Crippen LogP contribution in [-0.4, -0.2) is 11.9 Å². The van der Waals surface area contributed by atoms with Gasteiger partial charge in [0.2, 0.25) is 0 Å². The Morgan fingerprint density at radius 1 is 1.50 bits per heavy atom. The minimum Gasteiger partial charge on any atom is -0.349 e. The number of hydrogen-bond donors (Lipinski definition) is 1. The van der Waals surface area contributed by atoms with Crippen molar-refractivity contribution in [3.05, 3.63) is 48.6 Å². The van der Waals surface area contributed by atoms with Crippen LogP contribution in [0.1, 0.15) is 23.7 Å². The van der Waals surface area contributed by atoms with E-state index in [9.17, 15) is 4.79 Å². The van der Waals surface area contributed by atoms with Gasteiger partial charge in [-0.25, -0.2) is 0 Å². The first-order valence-corrected chi connectivity index (χ1v) is 4.71. The average molecular weight is 189 g/mol. The lowest BCUT2D eigenvalue weighted by atomic mass is 10.2. The Kier molecular flexibility index (Phi) is 3.92. The summed E-state index contributed by atoms with van der Waals surface area (Å²) in [6.45, 7) is 5.59. The third kappa shape index (κ3) is 3.05. The standard InChI is InChI=1S/C12H15NO/c1-3-7-10(2)13-12(14)11-8-5-4-6-9-11/h3-6,8-10H,1,7H2,2H3,(H,13,14). The Hall–Kier alpha value is -1.57. The Balaban J connectivity index is 2.55. The van der Waals surface area contributed by atoms with Gasteiger partial charge < -0.3 is 5.32 Å². The molecule has 1 aromatic rings. The fourth-order valence-electron chi connectivity index (χ4n) is 1.21. The summed E-state index contributed by atoms with van der Waals surface area (Å²) in [6, 6.07) is 9.34. The smallest absolute Gasteiger partial charge is 0.251 e. The largest absolute Gasteiger partial charge is 0.349 e. The summed E-state index contributed by atoms with van der Waals surface area (Å²) in [5.41, 5.74) is 0.698. The average Bonchev–Trinajstić information content (AvgIpc) is 2.19. The van der Waals surface area contributed by atoms with Crippen LogP contribution >= 0.6 is 0 Å². The van der Waals surface area contributed by atoms with Crippen LogP contribution in [-0.2, 0) is 0 Å². The van der Waals surface area contributed by atoms with Gasteiger partial charge in [0.15, 0.2) is 0 Å². The molecule has 1 unspecified atom stereocenters. The summed E-state index contributed by atoms with van der Waals surface area (Å²) in [4.78, 5) is 11.6. The van der Waals surface area contributed by atoms with Crippen molar-refractivity contribution < 1.29 is 4.79 Å². The first-order valence-electron chi connectivity index (χ1n) is 4.71. The van der Waals surface area contributed by atoms with Crippen LogP contribution in [0.5, 0.6) is 0 Å². The number of hydrogen-bond acceptors (Lipinski definition) is 1. The summed E-state index contributed by atoms with van der Waals surface area (Å²) in [7, 11) is 0. The molecule has 0 bridgehead atoms. The number of nitrogens with one attached hydrogen (secondary N) is 1. The fraction of sp³-hybridized carbons (Fsp3) is 0.250. The monoisotopic (exact) mass is 189 g/mol. The quantitative estimate of drug-likeness (QED) is 0.724. The lowest BCUT2D eigenvalue weighted by Crippen LogP contribution is -2.31. The van der Waals surface area contributed by atoms with Crippen LogP contribution in [0.2, 0.25) is 0 Å². The van der Waals surface area contributed by atoms with Gasteiger partial charge in [0, 0.05) is 11.6 Å². The van der Waals surface area contributed by atoms with Crippen LogP contribution in [0.4, 0.5) is 0 Å². The molecule has 2 heteroatoms. The first-order chi connectivity index (χ1) is 6.74. The van der Waals surface area contributed by atoms with Crippen molar-refractivity contribution in [3.8, 4) is 0 Å². The van der Waals surface area contributed by atoms with Crippen LogP contribution < -0.4 is 5.32 Å². The highest BCUT2D eigenvalue weighted by Gasteiger charge is 2.06. The van der Waals surface area contributed by atoms with E-state index in [1.165, 1.54) is 0 Å². The van der Waals surface area contributed by atoms with Gasteiger partial charge in [-0.1, -0.05) is 24.3 Å². The van der Waals surface area contributed by atoms with E-state index in [1.807, 2.05) is 25.1 Å². The molecule has 0 saturated heterocycles. The van der Waals surface area contributed by atoms with Gasteiger partial charge in [0.25, 0.3) is 5.91 Å². The van der Waals surface area contributed by atoms with Gasteiger partial charge in [-0.05, 0) is 25.5 Å². The van der Waals surface area contributed by atoms with Crippen LogP contribution in [0.15, 0.2) is 43.0 Å². The molecule has 2 nitrogen and oxygen atoms in total. The Morgan fingerprint density at radius 3 is 2.71 bits per heavy atom. The molecule has 0 aromatic heterocycles. The summed E-state index contributed by atoms with van der Waals surface area (Å²) >= 11 is 0. The third-order valence-electron chi connectivity index (χ3n) is 1.93. The van der Waals surface area contributed by atoms with Crippen molar-refractivity contribution in [2.75, 3.05) is 0 Å². The summed E-state index contributed by atoms with van der Waals surface area (Å²) < 4.78 is 0. The summed E-state index contributed by atoms with van der Waals surface area (Å²) in [5.74, 6) is -0.0278. The van der Waals surface area contributed by atoms with E-state index in [1.54, 1.807) is 18.2 Å². The molecule has 0 radical (unpaired) electrons. The van der Waals surface area contributed by atoms with Crippen molar-refractivity contribution in [2.24, 2.45) is 0 Å². The Labute approximate surface area is 84.6 Å². The normalized spacial score (nSPS) is 11.8. The molecule has 0 saturated carbocycles. The van der Waals surface area contributed by atoms with Gasteiger partial charge in [0.1, 0.15) is 0 Å². The van der Waals surface area contributed by atoms with Gasteiger partial charge in [-0.3, -0.25) is 4.79 Å². The zero-order valence-corrected chi connectivity index (χ0v) is 8.36. The maximum atomic E-state index is 11.6. The number of carbonyl (C=O) groups is 1. The van der Waals surface area contributed by atoms with E-state index < -0.39 is 0 Å². The van der Waals surface area contributed by atoms with Crippen molar-refractivity contribution >= 4 is 5.91 Å². The molecule has 0 aliphatic carbocycles. The minimum atomic E-state index is -0.0278. The van der Waals surface area contributed by atoms with Crippen LogP contribution in [0, 0.1) is 0 Å². The Bertz CT molecular complexity index is 305. The van der Waals surface area contributed by atoms with E-state index in [4.69, 9.17) is 0 Å². The highest BCUT2D eigenvalue weighted by molar-refractivity contribution is 5.94. The molecule has 0 aliphatic rings. The highest BCUT2D eigenvalue weighted by atomic mass is 16.1. The molecule has 1 N–H and O–H groups in total. The number of amides is 1. The second kappa shape index (κ2) is 5.22. The maximum absolute atomic E-state index is 11.6. The van der Waals surface area contributed by atoms with Crippen LogP contribution in [0.3, 0.4) is 0 Å². The second-order valence-corrected chi connectivity index (χ2v) is 3.26. The molecule has 74 valence electrons. The third-order valence-corrected chi connectivity index (χ3v) is 1.93. The maximum Gasteiger partial charge on any atom is 0.251 e. The highest BCUT2D eigenvalue weighted by Crippen LogP contribution is 2.00. The number of carbonyl (C=O) groups excluding carboxylic acids is 1. The van der Waals surface area contributed by atoms with Crippen molar-refractivity contribution in [3.63, 3.8) is 0 Å². The molecule has 1 aromatic carbocycles. The zero-order valence-electron chi connectivity index (χ0n) is 8.36. The van der Waals surface area contributed by atoms with Gasteiger partial charge in [0.05, 0.1) is 0 Å². The van der Waals surface area contributed by atoms with E-state index in [0.29, 0.717) is 5.56 Å². The predicted molar refractivity (Wildman–Crippen MR) is 58.2 cm³/mol. The molecule has 0 aliphatic heterocycles. The summed E-state index contributed by atoms with van der Waals surface area (Å²) in [5, 5.41) is 2.89. The van der Waals surface area contributed by atoms with E-state index in [0.717, 1.165) is 6.42 Å². The predicted octanol–water partition coefficient (Wildman–Crippen LogP) is 2.38. The first kappa shape index (κ1) is 10.5. The second-order valence-electron chi connectivity index (χ2n) is 3.26. The lowest BCUT2D eigenvalue weighted by molar-refractivity contribution is 0.0940. The molecule has 0 heterocycles. The van der Waals surface area contributed by atoms with E-state index >= 15 is 0 Å². The number of rotatable bonds is 4. The summed E-state index contributed by atoms with van der Waals surface area (Å²) in [6.07, 6.45) is 2.59. The Morgan fingerprint density at radius 2 is 2.14 bits per heavy atom. The number of benzene rings is 1. The fourth-order valence-corrected chi connectivity index (χ4v) is 1.21. The molecule has 0 spiro atoms. The topological polar surface area (TPSA) is 29.1 Å². The van der Waals surface area contributed by atoms with E-state index in [2.05, 4.69) is 11.9 Å². The molecule has 1 atom stereocenters. The minimum absolute atomic E-state index is 0.0278. The molecule has 1 rings (SSSR count). The van der Waals surface area contributed by atoms with Gasteiger partial charge >= 0.3 is 0 Å². The van der Waals surface area contributed by atoms with Crippen molar-refractivity contribution in [1.29, 1.82) is 0 Å². The molecular formula is C12H15NO. The molecule has 1 amide bonds. The van der Waals surface area contributed by atoms with Gasteiger partial charge in [-0.2, -0.15) is 0 Å². The van der Waals surface area contributed by atoms with Crippen molar-refractivity contribution in [1.82, 2.24) is 5.32 Å². The SMILES string of the molecule is C=CCC(C)NC(=O)c1ccccc1. The van der Waals surface area contributed by atoms with Gasteiger partial charge in [-0.15, -0.1) is 6.58 Å². The zero-order chi connectivity index (χ0) is 10.4. The molecule has 0 fully saturated rings. The lowest BCUT2D eigenvalue weighted by Gasteiger charge is -2.11. The molecule has 14 heavy (non-hydrogen) atoms. The van der Waals surface area contributed by atoms with Crippen LogP contribution in [0.25, 0.3) is 0 Å².